The van der Waals surface area contributed by atoms with Crippen LogP contribution in [0.15, 0.2) is 180 Å². The normalized spacial score (nSPS) is 14.0. The quantitative estimate of drug-likeness (QED) is 0.0917. The molecular weight excluding hydrogens is 921 g/mol. The van der Waals surface area contributed by atoms with Crippen LogP contribution in [0.5, 0.6) is 57.5 Å². The molecule has 6 heterocycles. The zero-order valence-corrected chi connectivity index (χ0v) is 40.5. The average Bonchev–Trinajstić information content (AvgIpc) is 3.40. The highest BCUT2D eigenvalue weighted by molar-refractivity contribution is 8.00. The number of ether oxygens (including phenoxy) is 5. The van der Waals surface area contributed by atoms with E-state index in [1.54, 1.807) is 35.5 Å². The van der Waals surface area contributed by atoms with Crippen molar-refractivity contribution in [2.24, 2.45) is 0 Å². The molecule has 6 aliphatic heterocycles. The molecule has 0 bridgehead atoms. The molecule has 0 unspecified atom stereocenters. The van der Waals surface area contributed by atoms with Gasteiger partial charge in [-0.05, 0) is 129 Å². The van der Waals surface area contributed by atoms with Crippen molar-refractivity contribution < 1.29 is 23.7 Å². The minimum Gasteiger partial charge on any atom is -0.458 e. The molecule has 0 amide bonds. The first kappa shape index (κ1) is 40.7. The molecular formula is C57H37B3N2O5S3. The van der Waals surface area contributed by atoms with Crippen molar-refractivity contribution in [1.29, 1.82) is 0 Å². The van der Waals surface area contributed by atoms with Gasteiger partial charge in [0.1, 0.15) is 57.5 Å². The van der Waals surface area contributed by atoms with E-state index < -0.39 is 0 Å². The standard InChI is InChI=1S/C57H37B3N2O5S3/c1-68-35-24-51-56-53(26-35)65-47-30-43-39(28-40(47)58(56)37-18-10-12-20-45(37)63-51)60-42-29-41-48(67-54-27-36(69-2)25-52-57(54)59(41)38-19-11-13-21-46(38)64-52)31-49(42)66-50-23-34(22-44(55(50)60)62(43)70-3)61(32-14-6-4-7-15-32)33-16-8-5-9-17-33/h4-31H,1-3H3. The summed E-state index contributed by atoms with van der Waals surface area (Å²) >= 11 is 5.06. The van der Waals surface area contributed by atoms with Gasteiger partial charge in [0.25, 0.3) is 20.1 Å². The lowest BCUT2D eigenvalue weighted by Gasteiger charge is -2.42. The van der Waals surface area contributed by atoms with Gasteiger partial charge in [0.05, 0.1) is 17.1 Å². The van der Waals surface area contributed by atoms with Crippen LogP contribution in [0.2, 0.25) is 0 Å². The largest absolute Gasteiger partial charge is 0.458 e. The van der Waals surface area contributed by atoms with E-state index in [-0.39, 0.29) is 20.1 Å². The van der Waals surface area contributed by atoms with E-state index >= 15 is 0 Å². The van der Waals surface area contributed by atoms with Crippen molar-refractivity contribution in [3.8, 4) is 57.5 Å². The molecule has 0 radical (unpaired) electrons. The van der Waals surface area contributed by atoms with Crippen LogP contribution in [0.25, 0.3) is 0 Å². The molecule has 0 aliphatic carbocycles. The number of hydrogen-bond donors (Lipinski definition) is 0. The maximum Gasteiger partial charge on any atom is 0.260 e. The van der Waals surface area contributed by atoms with E-state index in [2.05, 4.69) is 192 Å². The first-order chi connectivity index (χ1) is 34.5. The second-order valence-electron chi connectivity index (χ2n) is 18.2. The highest BCUT2D eigenvalue weighted by Crippen LogP contribution is 2.48. The van der Waals surface area contributed by atoms with Crippen LogP contribution < -0.4 is 82.1 Å². The first-order valence-corrected chi connectivity index (χ1v) is 27.0. The van der Waals surface area contributed by atoms with Crippen molar-refractivity contribution in [3.63, 3.8) is 0 Å². The molecule has 0 saturated carbocycles. The summed E-state index contributed by atoms with van der Waals surface area (Å²) in [7, 11) is 0. The molecule has 0 aromatic heterocycles. The topological polar surface area (TPSA) is 52.6 Å². The van der Waals surface area contributed by atoms with Gasteiger partial charge in [0.2, 0.25) is 0 Å². The number of fused-ring (bicyclic) bond motifs is 12. The number of anilines is 5. The molecule has 9 aromatic carbocycles. The Balaban J connectivity index is 0.994. The van der Waals surface area contributed by atoms with Crippen LogP contribution in [0.4, 0.5) is 28.4 Å². The van der Waals surface area contributed by atoms with Gasteiger partial charge >= 0.3 is 0 Å². The van der Waals surface area contributed by atoms with Crippen LogP contribution in [0.1, 0.15) is 0 Å². The third-order valence-corrected chi connectivity index (χ3v) is 16.8. The fourth-order valence-electron chi connectivity index (χ4n) is 11.7. The van der Waals surface area contributed by atoms with Crippen LogP contribution in [0, 0.1) is 0 Å². The van der Waals surface area contributed by atoms with Crippen LogP contribution in [-0.2, 0) is 0 Å². The summed E-state index contributed by atoms with van der Waals surface area (Å²) < 4.78 is 37.2. The van der Waals surface area contributed by atoms with Gasteiger partial charge in [-0.3, -0.25) is 4.31 Å². The number of benzene rings is 9. The summed E-state index contributed by atoms with van der Waals surface area (Å²) in [5, 5.41) is 0. The Kier molecular flexibility index (Phi) is 8.96. The molecule has 0 fully saturated rings. The monoisotopic (exact) mass is 958 g/mol. The lowest BCUT2D eigenvalue weighted by atomic mass is 9.30. The maximum absolute atomic E-state index is 7.35. The van der Waals surface area contributed by atoms with E-state index in [9.17, 15) is 0 Å². The van der Waals surface area contributed by atoms with E-state index in [4.69, 9.17) is 23.7 Å². The molecule has 6 aliphatic rings. The molecule has 15 rings (SSSR count). The van der Waals surface area contributed by atoms with Crippen molar-refractivity contribution in [2.75, 3.05) is 28.0 Å². The zero-order valence-electron chi connectivity index (χ0n) is 38.1. The SMILES string of the molecule is CSc1cc2c3c(c1)Oc1cc4c(cc1B3c1ccccc1O2)B1c2cc3c(cc2N(SC)c2cc(N(c5ccccc5)c5ccccc5)cc(c21)O4)Oc1cc(SC)cc2c1B3c1ccccc1O2. The Morgan fingerprint density at radius 3 is 1.27 bits per heavy atom. The molecule has 9 aromatic rings. The van der Waals surface area contributed by atoms with Gasteiger partial charge in [0, 0.05) is 56.5 Å². The van der Waals surface area contributed by atoms with Gasteiger partial charge in [-0.1, -0.05) is 84.9 Å². The Bertz CT molecular complexity index is 3690. The van der Waals surface area contributed by atoms with Crippen molar-refractivity contribution >= 4 is 133 Å². The lowest BCUT2D eigenvalue weighted by Crippen LogP contribution is -2.64. The van der Waals surface area contributed by atoms with E-state index in [1.165, 1.54) is 5.46 Å². The van der Waals surface area contributed by atoms with E-state index in [1.807, 2.05) is 6.07 Å². The summed E-state index contributed by atoms with van der Waals surface area (Å²) in [4.78, 5) is 4.48. The molecule has 0 N–H and O–H groups in total. The second-order valence-corrected chi connectivity index (χ2v) is 20.7. The zero-order chi connectivity index (χ0) is 46.4. The summed E-state index contributed by atoms with van der Waals surface area (Å²) in [5.41, 5.74) is 15.1. The number of nitrogens with zero attached hydrogens (tertiary/aromatic N) is 2. The predicted octanol–water partition coefficient (Wildman–Crippen LogP) is 9.41. The Morgan fingerprint density at radius 1 is 0.343 bits per heavy atom. The van der Waals surface area contributed by atoms with Crippen LogP contribution >= 0.6 is 35.5 Å². The van der Waals surface area contributed by atoms with Crippen molar-refractivity contribution in [3.05, 3.63) is 170 Å². The second kappa shape index (κ2) is 15.4. The van der Waals surface area contributed by atoms with Gasteiger partial charge in [-0.2, -0.15) is 0 Å². The fraction of sp³-hybridized carbons (Fsp3) is 0.0526. The molecule has 0 spiro atoms. The van der Waals surface area contributed by atoms with Gasteiger partial charge in [-0.25, -0.2) is 0 Å². The third kappa shape index (κ3) is 5.85. The van der Waals surface area contributed by atoms with Crippen molar-refractivity contribution in [2.45, 2.75) is 9.79 Å². The van der Waals surface area contributed by atoms with E-state index in [0.29, 0.717) is 0 Å². The minimum absolute atomic E-state index is 0.104. The molecule has 70 heavy (non-hydrogen) atoms. The minimum atomic E-state index is -0.219. The Labute approximate surface area is 419 Å². The molecule has 7 nitrogen and oxygen atoms in total. The van der Waals surface area contributed by atoms with Crippen molar-refractivity contribution in [1.82, 2.24) is 0 Å². The molecule has 0 atom stereocenters. The number of para-hydroxylation sites is 4. The highest BCUT2D eigenvalue weighted by atomic mass is 32.2. The number of rotatable bonds is 6. The number of thioether (sulfide) groups is 2. The molecule has 13 heteroatoms. The van der Waals surface area contributed by atoms with Crippen LogP contribution in [-0.4, -0.2) is 38.9 Å². The van der Waals surface area contributed by atoms with E-state index in [0.717, 1.165) is 139 Å². The van der Waals surface area contributed by atoms with Gasteiger partial charge in [-0.15, -0.1) is 23.5 Å². The Hall–Kier alpha value is -7.18. The predicted molar refractivity (Wildman–Crippen MR) is 293 cm³/mol. The summed E-state index contributed by atoms with van der Waals surface area (Å²) in [6.45, 7) is -0.438. The third-order valence-electron chi connectivity index (χ3n) is 14.6. The summed E-state index contributed by atoms with van der Waals surface area (Å²) in [5.74, 6) is 8.21. The van der Waals surface area contributed by atoms with Gasteiger partial charge < -0.3 is 28.6 Å². The Morgan fingerprint density at radius 2 is 0.771 bits per heavy atom. The average molecular weight is 959 g/mol. The fourth-order valence-corrected chi connectivity index (χ4v) is 13.3. The smallest absolute Gasteiger partial charge is 0.260 e. The molecule has 0 saturated heterocycles. The molecule has 332 valence electrons. The lowest BCUT2D eigenvalue weighted by molar-refractivity contribution is 0.454. The first-order valence-electron chi connectivity index (χ1n) is 23.3. The maximum atomic E-state index is 7.35. The van der Waals surface area contributed by atoms with Crippen LogP contribution in [0.3, 0.4) is 0 Å². The number of hydrogen-bond acceptors (Lipinski definition) is 10. The summed E-state index contributed by atoms with van der Waals surface area (Å²) in [6, 6.07) is 60.4. The summed E-state index contributed by atoms with van der Waals surface area (Å²) in [6.07, 6.45) is 6.34. The highest BCUT2D eigenvalue weighted by Gasteiger charge is 2.48. The van der Waals surface area contributed by atoms with Gasteiger partial charge in [0.15, 0.2) is 0 Å².